The number of carbonyl (C=O) groups is 1. The Bertz CT molecular complexity index is 252. The lowest BCUT2D eigenvalue weighted by Gasteiger charge is -2.15. The normalized spacial score (nSPS) is 28.3. The third-order valence-electron chi connectivity index (χ3n) is 3.85. The van der Waals surface area contributed by atoms with Crippen molar-refractivity contribution in [2.75, 3.05) is 6.54 Å². The molecule has 0 heterocycles. The molecule has 0 aromatic heterocycles. The molecular weight excluding hydrogens is 176 g/mol. The molecule has 2 amide bonds. The molecule has 0 bridgehead atoms. The number of nitrogens with one attached hydrogen (secondary N) is 2. The van der Waals surface area contributed by atoms with Gasteiger partial charge in [0.2, 0.25) is 0 Å². The minimum absolute atomic E-state index is 0.0550. The van der Waals surface area contributed by atoms with Crippen LogP contribution in [0.5, 0.6) is 0 Å². The van der Waals surface area contributed by atoms with Crippen LogP contribution in [-0.4, -0.2) is 18.6 Å². The predicted octanol–water partition coefficient (Wildman–Crippen LogP) is 1.64. The van der Waals surface area contributed by atoms with Crippen LogP contribution in [0.4, 0.5) is 4.79 Å². The van der Waals surface area contributed by atoms with Crippen molar-refractivity contribution in [2.45, 2.75) is 44.6 Å². The van der Waals surface area contributed by atoms with Gasteiger partial charge in [0, 0.05) is 12.6 Å². The molecule has 14 heavy (non-hydrogen) atoms. The number of carbonyl (C=O) groups excluding carboxylic acids is 1. The first-order chi connectivity index (χ1) is 6.78. The van der Waals surface area contributed by atoms with Crippen LogP contribution in [0.1, 0.15) is 38.5 Å². The Morgan fingerprint density at radius 1 is 1.21 bits per heavy atom. The number of amides is 2. The van der Waals surface area contributed by atoms with E-state index in [4.69, 9.17) is 0 Å². The second-order valence-electron chi connectivity index (χ2n) is 5.24. The summed E-state index contributed by atoms with van der Waals surface area (Å²) >= 11 is 0. The first-order valence-corrected chi connectivity index (χ1v) is 5.83. The van der Waals surface area contributed by atoms with E-state index in [-0.39, 0.29) is 6.03 Å². The van der Waals surface area contributed by atoms with Gasteiger partial charge in [-0.15, -0.1) is 0 Å². The highest BCUT2D eigenvalue weighted by Crippen LogP contribution is 2.60. The monoisotopic (exact) mass is 194 g/mol. The second kappa shape index (κ2) is 2.88. The fourth-order valence-corrected chi connectivity index (χ4v) is 2.31. The van der Waals surface area contributed by atoms with Gasteiger partial charge in [0.15, 0.2) is 0 Å². The minimum Gasteiger partial charge on any atom is -0.338 e. The lowest BCUT2D eigenvalue weighted by atomic mass is 10.0. The van der Waals surface area contributed by atoms with Crippen LogP contribution in [0.25, 0.3) is 0 Å². The highest BCUT2D eigenvalue weighted by atomic mass is 16.2. The molecule has 3 aliphatic carbocycles. The number of urea groups is 1. The van der Waals surface area contributed by atoms with Crippen molar-refractivity contribution in [3.63, 3.8) is 0 Å². The maximum Gasteiger partial charge on any atom is 0.315 e. The maximum atomic E-state index is 11.4. The molecule has 0 atom stereocenters. The highest BCUT2D eigenvalue weighted by Gasteiger charge is 2.53. The van der Waals surface area contributed by atoms with Crippen LogP contribution >= 0.6 is 0 Å². The highest BCUT2D eigenvalue weighted by molar-refractivity contribution is 5.74. The van der Waals surface area contributed by atoms with E-state index < -0.39 is 0 Å². The van der Waals surface area contributed by atoms with Crippen molar-refractivity contribution < 1.29 is 4.79 Å². The average molecular weight is 194 g/mol. The van der Waals surface area contributed by atoms with Gasteiger partial charge in [-0.2, -0.15) is 0 Å². The van der Waals surface area contributed by atoms with Gasteiger partial charge in [-0.05, 0) is 49.9 Å². The van der Waals surface area contributed by atoms with Gasteiger partial charge in [0.05, 0.1) is 0 Å². The molecule has 78 valence electrons. The summed E-state index contributed by atoms with van der Waals surface area (Å²) in [6, 6.07) is 0.533. The smallest absolute Gasteiger partial charge is 0.315 e. The zero-order chi connectivity index (χ0) is 9.60. The standard InChI is InChI=1S/C11H18N2O/c14-10(13-9-3-4-9)12-7-11(5-6-11)8-1-2-8/h8-9H,1-7H2,(H2,12,13,14). The molecule has 0 saturated heterocycles. The fraction of sp³-hybridized carbons (Fsp3) is 0.909. The van der Waals surface area contributed by atoms with Crippen LogP contribution in [0.15, 0.2) is 0 Å². The summed E-state index contributed by atoms with van der Waals surface area (Å²) in [5.74, 6) is 0.934. The van der Waals surface area contributed by atoms with E-state index in [1.165, 1.54) is 38.5 Å². The molecule has 3 heteroatoms. The average Bonchev–Trinajstić information content (AvgIpc) is 2.93. The van der Waals surface area contributed by atoms with Gasteiger partial charge >= 0.3 is 6.03 Å². The molecule has 3 fully saturated rings. The Morgan fingerprint density at radius 2 is 1.93 bits per heavy atom. The Labute approximate surface area is 84.6 Å². The van der Waals surface area contributed by atoms with E-state index >= 15 is 0 Å². The summed E-state index contributed by atoms with van der Waals surface area (Å²) in [7, 11) is 0. The molecular formula is C11H18N2O. The third-order valence-corrected chi connectivity index (χ3v) is 3.85. The molecule has 0 radical (unpaired) electrons. The molecule has 0 unspecified atom stereocenters. The molecule has 3 saturated carbocycles. The molecule has 0 aliphatic heterocycles. The maximum absolute atomic E-state index is 11.4. The summed E-state index contributed by atoms with van der Waals surface area (Å²) in [5, 5.41) is 5.99. The van der Waals surface area contributed by atoms with Gasteiger partial charge in [0.1, 0.15) is 0 Å². The van der Waals surface area contributed by atoms with Crippen molar-refractivity contribution in [1.82, 2.24) is 10.6 Å². The van der Waals surface area contributed by atoms with E-state index in [0.717, 1.165) is 12.5 Å². The zero-order valence-corrected chi connectivity index (χ0v) is 8.51. The van der Waals surface area contributed by atoms with Crippen LogP contribution in [-0.2, 0) is 0 Å². The Kier molecular flexibility index (Phi) is 1.76. The molecule has 3 nitrogen and oxygen atoms in total. The molecule has 3 rings (SSSR count). The Balaban J connectivity index is 1.42. The van der Waals surface area contributed by atoms with Crippen molar-refractivity contribution in [1.29, 1.82) is 0 Å². The largest absolute Gasteiger partial charge is 0.338 e. The van der Waals surface area contributed by atoms with Crippen LogP contribution in [0, 0.1) is 11.3 Å². The van der Waals surface area contributed by atoms with Crippen LogP contribution < -0.4 is 10.6 Å². The van der Waals surface area contributed by atoms with Crippen molar-refractivity contribution in [2.24, 2.45) is 11.3 Å². The van der Waals surface area contributed by atoms with Gasteiger partial charge in [0.25, 0.3) is 0 Å². The first-order valence-electron chi connectivity index (χ1n) is 5.83. The number of rotatable bonds is 4. The summed E-state index contributed by atoms with van der Waals surface area (Å²) in [4.78, 5) is 11.4. The topological polar surface area (TPSA) is 41.1 Å². The second-order valence-corrected chi connectivity index (χ2v) is 5.24. The van der Waals surface area contributed by atoms with Crippen molar-refractivity contribution in [3.05, 3.63) is 0 Å². The van der Waals surface area contributed by atoms with Gasteiger partial charge in [-0.3, -0.25) is 0 Å². The summed E-state index contributed by atoms with van der Waals surface area (Å²) in [5.41, 5.74) is 0.529. The summed E-state index contributed by atoms with van der Waals surface area (Å²) < 4.78 is 0. The number of hydrogen-bond acceptors (Lipinski definition) is 1. The fourth-order valence-electron chi connectivity index (χ4n) is 2.31. The van der Waals surface area contributed by atoms with Crippen molar-refractivity contribution >= 4 is 6.03 Å². The van der Waals surface area contributed by atoms with Crippen LogP contribution in [0.2, 0.25) is 0 Å². The number of hydrogen-bond donors (Lipinski definition) is 2. The predicted molar refractivity (Wildman–Crippen MR) is 53.9 cm³/mol. The zero-order valence-electron chi connectivity index (χ0n) is 8.51. The minimum atomic E-state index is 0.0550. The summed E-state index contributed by atoms with van der Waals surface area (Å²) in [6.45, 7) is 0.913. The first kappa shape index (κ1) is 8.57. The van der Waals surface area contributed by atoms with E-state index in [0.29, 0.717) is 11.5 Å². The van der Waals surface area contributed by atoms with E-state index in [2.05, 4.69) is 10.6 Å². The van der Waals surface area contributed by atoms with E-state index in [1.54, 1.807) is 0 Å². The van der Waals surface area contributed by atoms with Gasteiger partial charge < -0.3 is 10.6 Å². The Hall–Kier alpha value is -0.730. The van der Waals surface area contributed by atoms with Gasteiger partial charge in [-0.1, -0.05) is 0 Å². The lowest BCUT2D eigenvalue weighted by molar-refractivity contribution is 0.236. The molecule has 0 aromatic rings. The molecule has 3 aliphatic rings. The lowest BCUT2D eigenvalue weighted by Crippen LogP contribution is -2.40. The molecule has 2 N–H and O–H groups in total. The van der Waals surface area contributed by atoms with Crippen molar-refractivity contribution in [3.8, 4) is 0 Å². The van der Waals surface area contributed by atoms with E-state index in [9.17, 15) is 4.79 Å². The van der Waals surface area contributed by atoms with Gasteiger partial charge in [-0.25, -0.2) is 4.79 Å². The molecule has 0 aromatic carbocycles. The van der Waals surface area contributed by atoms with Crippen LogP contribution in [0.3, 0.4) is 0 Å². The SMILES string of the molecule is O=C(NCC1(C2CC2)CC1)NC1CC1. The molecule has 0 spiro atoms. The summed E-state index contributed by atoms with van der Waals surface area (Å²) in [6.07, 6.45) is 7.79. The van der Waals surface area contributed by atoms with E-state index in [1.807, 2.05) is 0 Å². The third kappa shape index (κ3) is 1.72. The quantitative estimate of drug-likeness (QED) is 0.701. The Morgan fingerprint density at radius 3 is 2.43 bits per heavy atom.